The number of aldehydes is 1. The standard InChI is InChI=1S/2C15H15.C2H4O3.O.Ti/c2*1-15(2,13-9-5-3-6-10-13)14-11-7-4-8-12-14;3-1-2(4)5;;/h2*3,5-12H,1-2H3;1-2,4-5H;;/q2*-1;;;+2. The molecule has 0 aromatic heterocycles. The van der Waals surface area contributed by atoms with Gasteiger partial charge in [0.1, 0.15) is 0 Å². The summed E-state index contributed by atoms with van der Waals surface area (Å²) < 4.78 is 8.25. The molecule has 190 valence electrons. The fourth-order valence-electron chi connectivity index (χ4n) is 3.65. The molecule has 0 aliphatic heterocycles. The van der Waals surface area contributed by atoms with E-state index in [2.05, 4.69) is 125 Å². The summed E-state index contributed by atoms with van der Waals surface area (Å²) in [5.41, 5.74) is 5.47. The van der Waals surface area contributed by atoms with E-state index in [-0.39, 0.29) is 17.1 Å². The number of carbonyl (C=O) groups excluding carboxylic acids is 1. The van der Waals surface area contributed by atoms with E-state index in [0.29, 0.717) is 0 Å². The van der Waals surface area contributed by atoms with Crippen molar-refractivity contribution in [1.82, 2.24) is 0 Å². The van der Waals surface area contributed by atoms with Crippen molar-refractivity contribution in [2.75, 3.05) is 0 Å². The van der Waals surface area contributed by atoms with E-state index in [9.17, 15) is 0 Å². The molecule has 0 radical (unpaired) electrons. The fourth-order valence-corrected chi connectivity index (χ4v) is 3.65. The molecule has 0 aliphatic carbocycles. The van der Waals surface area contributed by atoms with Gasteiger partial charge in [-0.15, -0.1) is 11.1 Å². The third-order valence-electron chi connectivity index (χ3n) is 5.99. The number of aliphatic hydroxyl groups is 2. The Kier molecular flexibility index (Phi) is 14.4. The molecular formula is C32H34O4Ti. The number of hydrogen-bond acceptors (Lipinski definition) is 4. The van der Waals surface area contributed by atoms with Crippen molar-refractivity contribution in [3.05, 3.63) is 144 Å². The van der Waals surface area contributed by atoms with Crippen LogP contribution in [0.15, 0.2) is 109 Å². The van der Waals surface area contributed by atoms with Gasteiger partial charge in [-0.05, 0) is 22.0 Å². The first-order valence-corrected chi connectivity index (χ1v) is 12.4. The molecule has 0 saturated heterocycles. The Bertz CT molecular complexity index is 961. The van der Waals surface area contributed by atoms with Crippen molar-refractivity contribution in [2.45, 2.75) is 44.8 Å². The molecule has 2 N–H and O–H groups in total. The first-order chi connectivity index (χ1) is 17.7. The predicted molar refractivity (Wildman–Crippen MR) is 143 cm³/mol. The number of hydrogen-bond donors (Lipinski definition) is 2. The van der Waals surface area contributed by atoms with Crippen LogP contribution < -0.4 is 0 Å². The summed E-state index contributed by atoms with van der Waals surface area (Å²) >= 11 is 0.750. The van der Waals surface area contributed by atoms with Crippen molar-refractivity contribution in [1.29, 1.82) is 0 Å². The Morgan fingerprint density at radius 2 is 0.838 bits per heavy atom. The van der Waals surface area contributed by atoms with Crippen molar-refractivity contribution in [2.24, 2.45) is 0 Å². The monoisotopic (exact) mass is 530 g/mol. The second-order valence-corrected chi connectivity index (χ2v) is 9.11. The second-order valence-electron chi connectivity index (χ2n) is 9.11. The van der Waals surface area contributed by atoms with E-state index < -0.39 is 6.29 Å². The van der Waals surface area contributed by atoms with Crippen LogP contribution in [0.3, 0.4) is 0 Å². The summed E-state index contributed by atoms with van der Waals surface area (Å²) in [5, 5.41) is 15.1. The Morgan fingerprint density at radius 1 is 0.595 bits per heavy atom. The molecule has 0 aliphatic rings. The maximum atomic E-state index is 9.00. The number of aliphatic hydroxyl groups excluding tert-OH is 1. The minimum atomic E-state index is -1.80. The minimum absolute atomic E-state index is 0.0278. The van der Waals surface area contributed by atoms with E-state index in [0.717, 1.165) is 20.4 Å². The van der Waals surface area contributed by atoms with Gasteiger partial charge in [0.05, 0.1) is 0 Å². The van der Waals surface area contributed by atoms with E-state index in [4.69, 9.17) is 18.3 Å². The molecule has 0 unspecified atom stereocenters. The maximum absolute atomic E-state index is 9.00. The Balaban J connectivity index is 0.000000298. The van der Waals surface area contributed by atoms with E-state index in [1.54, 1.807) is 0 Å². The summed E-state index contributed by atoms with van der Waals surface area (Å²) in [6.45, 7) is 8.99. The first-order valence-electron chi connectivity index (χ1n) is 11.8. The predicted octanol–water partition coefficient (Wildman–Crippen LogP) is 6.00. The molecule has 37 heavy (non-hydrogen) atoms. The van der Waals surface area contributed by atoms with Crippen LogP contribution in [0, 0.1) is 12.1 Å². The van der Waals surface area contributed by atoms with Crippen LogP contribution in [0.4, 0.5) is 0 Å². The van der Waals surface area contributed by atoms with Crippen LogP contribution in [0.25, 0.3) is 0 Å². The van der Waals surface area contributed by atoms with Crippen LogP contribution in [-0.2, 0) is 39.4 Å². The molecule has 0 heterocycles. The normalized spacial score (nSPS) is 10.5. The third-order valence-corrected chi connectivity index (χ3v) is 5.99. The molecule has 4 nitrogen and oxygen atoms in total. The van der Waals surface area contributed by atoms with Gasteiger partial charge in [-0.1, -0.05) is 88.4 Å². The molecule has 0 spiro atoms. The molecule has 0 bridgehead atoms. The topological polar surface area (TPSA) is 74.6 Å². The molecule has 0 saturated carbocycles. The van der Waals surface area contributed by atoms with Crippen LogP contribution in [0.2, 0.25) is 0 Å². The molecule has 0 amide bonds. The molecule has 0 fully saturated rings. The van der Waals surface area contributed by atoms with Crippen LogP contribution in [0.5, 0.6) is 0 Å². The summed E-state index contributed by atoms with van der Waals surface area (Å²) in [6, 6.07) is 43.7. The van der Waals surface area contributed by atoms with Gasteiger partial charge in [0.15, 0.2) is 6.29 Å². The van der Waals surface area contributed by atoms with E-state index in [1.807, 2.05) is 24.3 Å². The van der Waals surface area contributed by atoms with E-state index >= 15 is 0 Å². The zero-order valence-corrected chi connectivity index (χ0v) is 23.3. The zero-order valence-electron chi connectivity index (χ0n) is 21.8. The van der Waals surface area contributed by atoms with Crippen molar-refractivity contribution in [3.63, 3.8) is 0 Å². The molecule has 5 heteroatoms. The SMILES string of the molecule is CC(C)(c1cc[c-]cc1)c1ccccc1.CC(C)(c1cc[c-]cc1)c1ccccc1.O=CC(O)O.[O]=[Ti+2]. The average Bonchev–Trinajstić information content (AvgIpc) is 2.96. The van der Waals surface area contributed by atoms with Gasteiger partial charge < -0.3 is 10.2 Å². The third kappa shape index (κ3) is 10.5. The van der Waals surface area contributed by atoms with Gasteiger partial charge in [-0.25, -0.2) is 0 Å². The summed E-state index contributed by atoms with van der Waals surface area (Å²) in [5.74, 6) is 0. The molecular weight excluding hydrogens is 496 g/mol. The summed E-state index contributed by atoms with van der Waals surface area (Å²) in [7, 11) is 0. The number of rotatable bonds is 5. The Hall–Kier alpha value is -3.02. The van der Waals surface area contributed by atoms with E-state index in [1.165, 1.54) is 22.3 Å². The number of benzene rings is 4. The zero-order chi connectivity index (χ0) is 27.7. The van der Waals surface area contributed by atoms with Crippen LogP contribution >= 0.6 is 0 Å². The van der Waals surface area contributed by atoms with Crippen LogP contribution in [0.1, 0.15) is 49.9 Å². The second kappa shape index (κ2) is 16.7. The molecule has 4 aromatic rings. The van der Waals surface area contributed by atoms with Crippen LogP contribution in [-0.4, -0.2) is 22.8 Å². The quantitative estimate of drug-likeness (QED) is 0.144. The van der Waals surface area contributed by atoms with Gasteiger partial charge in [-0.2, -0.15) is 60.7 Å². The summed E-state index contributed by atoms with van der Waals surface area (Å²) in [6.07, 6.45) is -1.77. The Labute approximate surface area is 232 Å². The Morgan fingerprint density at radius 3 is 1.08 bits per heavy atom. The summed E-state index contributed by atoms with van der Waals surface area (Å²) in [4.78, 5) is 9.00. The first kappa shape index (κ1) is 32.0. The molecule has 4 rings (SSSR count). The van der Waals surface area contributed by atoms with Gasteiger partial charge in [-0.3, -0.25) is 4.79 Å². The van der Waals surface area contributed by atoms with Gasteiger partial charge in [0.2, 0.25) is 6.29 Å². The number of carbonyl (C=O) groups is 1. The van der Waals surface area contributed by atoms with Crippen molar-refractivity contribution in [3.8, 4) is 0 Å². The van der Waals surface area contributed by atoms with Gasteiger partial charge >= 0.3 is 23.7 Å². The fraction of sp³-hybridized carbons (Fsp3) is 0.219. The molecule has 0 atom stereocenters. The van der Waals surface area contributed by atoms with Crippen molar-refractivity contribution < 1.29 is 38.7 Å². The average molecular weight is 530 g/mol. The van der Waals surface area contributed by atoms with Gasteiger partial charge in [0, 0.05) is 0 Å². The molecule has 4 aromatic carbocycles. The van der Waals surface area contributed by atoms with Gasteiger partial charge in [0.25, 0.3) is 0 Å². The van der Waals surface area contributed by atoms with Crippen molar-refractivity contribution >= 4 is 6.29 Å².